The Bertz CT molecular complexity index is 885. The second-order valence-electron chi connectivity index (χ2n) is 10.0. The van der Waals surface area contributed by atoms with Gasteiger partial charge >= 0.3 is 0 Å². The number of benzene rings is 2. The van der Waals surface area contributed by atoms with E-state index in [2.05, 4.69) is 36.5 Å². The summed E-state index contributed by atoms with van der Waals surface area (Å²) in [5.41, 5.74) is 4.16. The molecule has 0 radical (unpaired) electrons. The number of hydrogen-bond acceptors (Lipinski definition) is 2. The highest BCUT2D eigenvalue weighted by atomic mass is 16.5. The van der Waals surface area contributed by atoms with E-state index >= 15 is 0 Å². The summed E-state index contributed by atoms with van der Waals surface area (Å²) < 4.78 is 5.20. The molecule has 29 heavy (non-hydrogen) atoms. The lowest BCUT2D eigenvalue weighted by Crippen LogP contribution is -2.57. The molecule has 1 amide bonds. The van der Waals surface area contributed by atoms with E-state index in [0.29, 0.717) is 11.0 Å². The molecule has 4 aliphatic rings. The van der Waals surface area contributed by atoms with Gasteiger partial charge in [0.15, 0.2) is 0 Å². The van der Waals surface area contributed by atoms with E-state index in [-0.39, 0.29) is 11.3 Å². The molecule has 4 bridgehead atoms. The number of hydrogen-bond donors (Lipinski definition) is 1. The third kappa shape index (κ3) is 3.35. The molecule has 3 nitrogen and oxygen atoms in total. The van der Waals surface area contributed by atoms with Gasteiger partial charge in [0.05, 0.1) is 7.11 Å². The monoisotopic (exact) mass is 389 g/mol. The maximum atomic E-state index is 12.8. The molecule has 2 atom stereocenters. The van der Waals surface area contributed by atoms with Crippen molar-refractivity contribution in [3.8, 4) is 5.75 Å². The van der Waals surface area contributed by atoms with Gasteiger partial charge in [0.1, 0.15) is 5.75 Å². The van der Waals surface area contributed by atoms with Crippen molar-refractivity contribution >= 4 is 5.91 Å². The van der Waals surface area contributed by atoms with Crippen molar-refractivity contribution in [2.24, 2.45) is 17.3 Å². The smallest absolute Gasteiger partial charge is 0.251 e. The first-order chi connectivity index (χ1) is 14.0. The van der Waals surface area contributed by atoms with Crippen molar-refractivity contribution in [2.75, 3.05) is 13.7 Å². The lowest BCUT2D eigenvalue weighted by molar-refractivity contribution is -0.0697. The average molecular weight is 390 g/mol. The van der Waals surface area contributed by atoms with Crippen LogP contribution in [-0.4, -0.2) is 19.6 Å². The van der Waals surface area contributed by atoms with Crippen LogP contribution in [0, 0.1) is 24.2 Å². The summed E-state index contributed by atoms with van der Waals surface area (Å²) in [5, 5.41) is 3.29. The van der Waals surface area contributed by atoms with E-state index < -0.39 is 0 Å². The molecule has 6 rings (SSSR count). The Kier molecular flexibility index (Phi) is 4.45. The van der Waals surface area contributed by atoms with Gasteiger partial charge in [-0.2, -0.15) is 0 Å². The van der Waals surface area contributed by atoms with Crippen molar-refractivity contribution in [3.05, 3.63) is 65.2 Å². The van der Waals surface area contributed by atoms with E-state index in [0.717, 1.165) is 24.1 Å². The second-order valence-corrected chi connectivity index (χ2v) is 10.0. The minimum absolute atomic E-state index is 0.0350. The maximum absolute atomic E-state index is 12.8. The number of rotatable bonds is 5. The van der Waals surface area contributed by atoms with Crippen molar-refractivity contribution in [1.29, 1.82) is 0 Å². The molecule has 4 fully saturated rings. The number of carbonyl (C=O) groups excluding carboxylic acids is 1. The van der Waals surface area contributed by atoms with Gasteiger partial charge < -0.3 is 10.1 Å². The molecule has 3 heteroatoms. The fourth-order valence-corrected chi connectivity index (χ4v) is 7.02. The van der Waals surface area contributed by atoms with E-state index in [4.69, 9.17) is 4.74 Å². The molecular formula is C26H31NO2. The van der Waals surface area contributed by atoms with Gasteiger partial charge in [-0.25, -0.2) is 0 Å². The molecule has 1 N–H and O–H groups in total. The van der Waals surface area contributed by atoms with Crippen molar-refractivity contribution < 1.29 is 9.53 Å². The van der Waals surface area contributed by atoms with Gasteiger partial charge in [-0.3, -0.25) is 4.79 Å². The Labute approximate surface area is 173 Å². The Hall–Kier alpha value is -2.29. The molecule has 0 spiro atoms. The topological polar surface area (TPSA) is 38.3 Å². The zero-order valence-corrected chi connectivity index (χ0v) is 17.5. The largest absolute Gasteiger partial charge is 0.497 e. The normalized spacial score (nSPS) is 32.2. The molecule has 4 saturated carbocycles. The van der Waals surface area contributed by atoms with E-state index in [9.17, 15) is 4.79 Å². The number of methoxy groups -OCH3 is 1. The molecule has 0 aromatic heterocycles. The minimum atomic E-state index is 0.0350. The lowest BCUT2D eigenvalue weighted by Gasteiger charge is -2.62. The van der Waals surface area contributed by atoms with Crippen molar-refractivity contribution in [1.82, 2.24) is 5.32 Å². The fourth-order valence-electron chi connectivity index (χ4n) is 7.02. The number of nitrogens with one attached hydrogen (secondary N) is 1. The Morgan fingerprint density at radius 3 is 2.28 bits per heavy atom. The number of ether oxygens (including phenoxy) is 1. The molecule has 2 aromatic carbocycles. The van der Waals surface area contributed by atoms with E-state index in [1.165, 1.54) is 49.7 Å². The Morgan fingerprint density at radius 2 is 1.66 bits per heavy atom. The standard InChI is InChI=1S/C26H31NO2/c1-18-3-7-22(8-4-18)26-14-19-11-20(15-26)13-25(12-19,16-26)17-27-24(28)21-5-9-23(29-2)10-6-21/h3-10,19-20H,11-17H2,1-2H3,(H,27,28)/t19-,20-,25?,26?/m0/s1. The summed E-state index contributed by atoms with van der Waals surface area (Å²) in [5.74, 6) is 2.45. The molecule has 4 aliphatic carbocycles. The predicted molar refractivity (Wildman–Crippen MR) is 115 cm³/mol. The van der Waals surface area contributed by atoms with Crippen LogP contribution in [0.5, 0.6) is 5.75 Å². The lowest BCUT2D eigenvalue weighted by atomic mass is 9.43. The number of carbonyl (C=O) groups is 1. The van der Waals surface area contributed by atoms with Crippen LogP contribution in [0.2, 0.25) is 0 Å². The predicted octanol–water partition coefficient (Wildman–Crippen LogP) is 5.27. The highest BCUT2D eigenvalue weighted by Crippen LogP contribution is 2.65. The van der Waals surface area contributed by atoms with Crippen LogP contribution in [0.25, 0.3) is 0 Å². The summed E-state index contributed by atoms with van der Waals surface area (Å²) >= 11 is 0. The molecule has 0 aliphatic heterocycles. The number of aryl methyl sites for hydroxylation is 1. The SMILES string of the molecule is COc1ccc(C(=O)NCC23C[C@@H]4C[C@@H](C2)CC(c2ccc(C)cc2)(C4)C3)cc1. The second kappa shape index (κ2) is 6.90. The molecule has 2 aromatic rings. The summed E-state index contributed by atoms with van der Waals surface area (Å²) in [6, 6.07) is 16.7. The van der Waals surface area contributed by atoms with Crippen LogP contribution >= 0.6 is 0 Å². The third-order valence-electron chi connectivity index (χ3n) is 7.82. The molecule has 152 valence electrons. The van der Waals surface area contributed by atoms with Crippen LogP contribution < -0.4 is 10.1 Å². The van der Waals surface area contributed by atoms with Gasteiger partial charge in [0, 0.05) is 12.1 Å². The summed E-state index contributed by atoms with van der Waals surface area (Å²) in [4.78, 5) is 12.8. The Morgan fingerprint density at radius 1 is 1.00 bits per heavy atom. The summed E-state index contributed by atoms with van der Waals surface area (Å²) in [6.45, 7) is 2.97. The first-order valence-corrected chi connectivity index (χ1v) is 11.0. The highest BCUT2D eigenvalue weighted by Gasteiger charge is 2.58. The average Bonchev–Trinajstić information content (AvgIpc) is 2.71. The Balaban J connectivity index is 1.34. The zero-order valence-electron chi connectivity index (χ0n) is 17.5. The maximum Gasteiger partial charge on any atom is 0.251 e. The van der Waals surface area contributed by atoms with Gasteiger partial charge in [-0.05, 0) is 97.9 Å². The van der Waals surface area contributed by atoms with Crippen molar-refractivity contribution in [3.63, 3.8) is 0 Å². The van der Waals surface area contributed by atoms with Crippen molar-refractivity contribution in [2.45, 2.75) is 50.9 Å². The van der Waals surface area contributed by atoms with Gasteiger partial charge in [0.25, 0.3) is 5.91 Å². The van der Waals surface area contributed by atoms with Gasteiger partial charge in [-0.1, -0.05) is 29.8 Å². The summed E-state index contributed by atoms with van der Waals surface area (Å²) in [6.07, 6.45) is 7.84. The summed E-state index contributed by atoms with van der Waals surface area (Å²) in [7, 11) is 1.64. The van der Waals surface area contributed by atoms with E-state index in [1.807, 2.05) is 24.3 Å². The number of amides is 1. The highest BCUT2D eigenvalue weighted by molar-refractivity contribution is 5.94. The first kappa shape index (κ1) is 18.7. The first-order valence-electron chi connectivity index (χ1n) is 11.0. The van der Waals surface area contributed by atoms with E-state index in [1.54, 1.807) is 7.11 Å². The van der Waals surface area contributed by atoms with Crippen LogP contribution in [0.1, 0.15) is 60.0 Å². The van der Waals surface area contributed by atoms with Crippen LogP contribution in [0.4, 0.5) is 0 Å². The van der Waals surface area contributed by atoms with Gasteiger partial charge in [-0.15, -0.1) is 0 Å². The molecule has 0 unspecified atom stereocenters. The van der Waals surface area contributed by atoms with Crippen LogP contribution in [0.3, 0.4) is 0 Å². The molecule has 0 saturated heterocycles. The molecular weight excluding hydrogens is 358 g/mol. The fraction of sp³-hybridized carbons (Fsp3) is 0.500. The quantitative estimate of drug-likeness (QED) is 0.756. The zero-order chi connectivity index (χ0) is 20.1. The molecule has 0 heterocycles. The third-order valence-corrected chi connectivity index (χ3v) is 7.82. The van der Waals surface area contributed by atoms with Crippen LogP contribution in [0.15, 0.2) is 48.5 Å². The van der Waals surface area contributed by atoms with Crippen LogP contribution in [-0.2, 0) is 5.41 Å². The van der Waals surface area contributed by atoms with Gasteiger partial charge in [0.2, 0.25) is 0 Å². The minimum Gasteiger partial charge on any atom is -0.497 e.